The molecule has 15 heavy (non-hydrogen) atoms. The van der Waals surface area contributed by atoms with Gasteiger partial charge in [-0.15, -0.1) is 0 Å². The van der Waals surface area contributed by atoms with E-state index in [1.807, 2.05) is 7.05 Å². The van der Waals surface area contributed by atoms with Crippen LogP contribution in [0.3, 0.4) is 0 Å². The molecule has 78 valence electrons. The van der Waals surface area contributed by atoms with Crippen LogP contribution in [0.5, 0.6) is 0 Å². The highest BCUT2D eigenvalue weighted by Crippen LogP contribution is 2.24. The van der Waals surface area contributed by atoms with E-state index in [2.05, 4.69) is 47.2 Å². The molecule has 1 aromatic rings. The summed E-state index contributed by atoms with van der Waals surface area (Å²) < 4.78 is 3.09. The fourth-order valence-electron chi connectivity index (χ4n) is 1.68. The zero-order valence-electron chi connectivity index (χ0n) is 8.86. The molecule has 0 atom stereocenters. The second-order valence-electron chi connectivity index (χ2n) is 3.47. The summed E-state index contributed by atoms with van der Waals surface area (Å²) in [6, 6.07) is 8.62. The van der Waals surface area contributed by atoms with E-state index in [-0.39, 0.29) is 0 Å². The summed E-state index contributed by atoms with van der Waals surface area (Å²) in [5.74, 6) is 0. The van der Waals surface area contributed by atoms with Gasteiger partial charge in [-0.3, -0.25) is 4.72 Å². The molecular weight excluding hydrogens is 202 g/mol. The molecule has 0 aliphatic heterocycles. The topological polar surface area (TPSA) is 12.0 Å². The molecule has 2 rings (SSSR count). The van der Waals surface area contributed by atoms with Gasteiger partial charge >= 0.3 is 0 Å². The van der Waals surface area contributed by atoms with Gasteiger partial charge in [-0.05, 0) is 55.1 Å². The molecule has 1 aliphatic rings. The third-order valence-corrected chi connectivity index (χ3v) is 3.08. The van der Waals surface area contributed by atoms with Crippen LogP contribution in [0, 0.1) is 0 Å². The SMILES string of the molecule is CNSc1cccc(C2=CCCC=C2)c1. The lowest BCUT2D eigenvalue weighted by atomic mass is 10.00. The second-order valence-corrected chi connectivity index (χ2v) is 4.56. The van der Waals surface area contributed by atoms with E-state index in [4.69, 9.17) is 0 Å². The van der Waals surface area contributed by atoms with E-state index in [1.54, 1.807) is 11.9 Å². The normalized spacial score (nSPS) is 15.1. The average molecular weight is 217 g/mol. The van der Waals surface area contributed by atoms with E-state index in [0.717, 1.165) is 6.42 Å². The summed E-state index contributed by atoms with van der Waals surface area (Å²) in [7, 11) is 1.94. The lowest BCUT2D eigenvalue weighted by molar-refractivity contribution is 1.04. The number of nitrogens with one attached hydrogen (secondary N) is 1. The van der Waals surface area contributed by atoms with Crippen molar-refractivity contribution in [2.75, 3.05) is 7.05 Å². The molecule has 0 fully saturated rings. The van der Waals surface area contributed by atoms with Gasteiger partial charge in [0.25, 0.3) is 0 Å². The van der Waals surface area contributed by atoms with E-state index in [0.29, 0.717) is 0 Å². The molecule has 0 saturated heterocycles. The minimum absolute atomic E-state index is 1.16. The predicted molar refractivity (Wildman–Crippen MR) is 67.7 cm³/mol. The highest BCUT2D eigenvalue weighted by molar-refractivity contribution is 7.97. The van der Waals surface area contributed by atoms with Gasteiger partial charge in [0.2, 0.25) is 0 Å². The minimum atomic E-state index is 1.16. The molecule has 1 aliphatic carbocycles. The highest BCUT2D eigenvalue weighted by Gasteiger charge is 2.02. The summed E-state index contributed by atoms with van der Waals surface area (Å²) in [5.41, 5.74) is 2.66. The van der Waals surface area contributed by atoms with Crippen LogP contribution in [-0.4, -0.2) is 7.05 Å². The number of rotatable bonds is 3. The minimum Gasteiger partial charge on any atom is -0.263 e. The predicted octanol–water partition coefficient (Wildman–Crippen LogP) is 3.65. The zero-order chi connectivity index (χ0) is 10.5. The summed E-state index contributed by atoms with van der Waals surface area (Å²) in [6.45, 7) is 0. The lowest BCUT2D eigenvalue weighted by Gasteiger charge is -2.08. The van der Waals surface area contributed by atoms with Gasteiger partial charge in [0.05, 0.1) is 0 Å². The fourth-order valence-corrected chi connectivity index (χ4v) is 2.25. The Labute approximate surface area is 95.4 Å². The van der Waals surface area contributed by atoms with Gasteiger partial charge in [0.1, 0.15) is 0 Å². The van der Waals surface area contributed by atoms with Gasteiger partial charge in [-0.25, -0.2) is 0 Å². The molecular formula is C13H15NS. The molecule has 0 radical (unpaired) electrons. The number of hydrogen-bond acceptors (Lipinski definition) is 2. The van der Waals surface area contributed by atoms with E-state index < -0.39 is 0 Å². The van der Waals surface area contributed by atoms with Crippen LogP contribution in [0.4, 0.5) is 0 Å². The average Bonchev–Trinajstić information content (AvgIpc) is 2.31. The molecule has 2 heteroatoms. The Hall–Kier alpha value is -0.990. The molecule has 0 unspecified atom stereocenters. The summed E-state index contributed by atoms with van der Waals surface area (Å²) >= 11 is 1.65. The maximum absolute atomic E-state index is 3.09. The van der Waals surface area contributed by atoms with E-state index in [1.165, 1.54) is 22.5 Å². The number of hydrogen-bond donors (Lipinski definition) is 1. The summed E-state index contributed by atoms with van der Waals surface area (Å²) in [5, 5.41) is 0. The third kappa shape index (κ3) is 2.74. The largest absolute Gasteiger partial charge is 0.263 e. The molecule has 1 aromatic carbocycles. The first-order valence-corrected chi connectivity index (χ1v) is 6.02. The molecule has 1 nitrogen and oxygen atoms in total. The Morgan fingerprint density at radius 2 is 2.20 bits per heavy atom. The fraction of sp³-hybridized carbons (Fsp3) is 0.231. The van der Waals surface area contributed by atoms with Crippen LogP contribution in [0.25, 0.3) is 5.57 Å². The van der Waals surface area contributed by atoms with Crippen molar-refractivity contribution in [2.45, 2.75) is 17.7 Å². The third-order valence-electron chi connectivity index (χ3n) is 2.38. The second kappa shape index (κ2) is 5.19. The van der Waals surface area contributed by atoms with Crippen molar-refractivity contribution in [3.63, 3.8) is 0 Å². The Bertz CT molecular complexity index is 393. The molecule has 1 N–H and O–H groups in total. The van der Waals surface area contributed by atoms with Crippen molar-refractivity contribution in [2.24, 2.45) is 0 Å². The standard InChI is InChI=1S/C13H15NS/c1-14-15-13-9-5-8-12(10-13)11-6-3-2-4-7-11/h3,5-10,14H,2,4H2,1H3. The van der Waals surface area contributed by atoms with E-state index >= 15 is 0 Å². The smallest absolute Gasteiger partial charge is 0.0234 e. The van der Waals surface area contributed by atoms with Crippen LogP contribution in [-0.2, 0) is 0 Å². The quantitative estimate of drug-likeness (QED) is 0.776. The van der Waals surface area contributed by atoms with Crippen molar-refractivity contribution in [3.8, 4) is 0 Å². The van der Waals surface area contributed by atoms with Crippen molar-refractivity contribution in [3.05, 3.63) is 48.1 Å². The Morgan fingerprint density at radius 3 is 2.93 bits per heavy atom. The monoisotopic (exact) mass is 217 g/mol. The zero-order valence-corrected chi connectivity index (χ0v) is 9.68. The Kier molecular flexibility index (Phi) is 3.64. The van der Waals surface area contributed by atoms with Crippen molar-refractivity contribution < 1.29 is 0 Å². The number of benzene rings is 1. The lowest BCUT2D eigenvalue weighted by Crippen LogP contribution is -1.91. The maximum atomic E-state index is 3.09. The molecule has 0 amide bonds. The van der Waals surface area contributed by atoms with Gasteiger partial charge in [-0.1, -0.05) is 30.4 Å². The maximum Gasteiger partial charge on any atom is 0.0234 e. The van der Waals surface area contributed by atoms with Gasteiger partial charge < -0.3 is 0 Å². The highest BCUT2D eigenvalue weighted by atomic mass is 32.2. The molecule has 0 heterocycles. The Balaban J connectivity index is 2.24. The number of allylic oxidation sites excluding steroid dienone is 4. The summed E-state index contributed by atoms with van der Waals surface area (Å²) in [6.07, 6.45) is 9.10. The first kappa shape index (κ1) is 10.5. The first-order chi connectivity index (χ1) is 7.40. The van der Waals surface area contributed by atoms with Gasteiger partial charge in [-0.2, -0.15) is 0 Å². The van der Waals surface area contributed by atoms with Crippen molar-refractivity contribution in [1.29, 1.82) is 0 Å². The van der Waals surface area contributed by atoms with Crippen molar-refractivity contribution >= 4 is 17.5 Å². The molecule has 0 spiro atoms. The molecule has 0 bridgehead atoms. The van der Waals surface area contributed by atoms with Gasteiger partial charge in [0.15, 0.2) is 0 Å². The van der Waals surface area contributed by atoms with Crippen LogP contribution in [0.2, 0.25) is 0 Å². The van der Waals surface area contributed by atoms with Gasteiger partial charge in [0, 0.05) is 4.90 Å². The van der Waals surface area contributed by atoms with Crippen LogP contribution >= 0.6 is 11.9 Å². The molecule has 0 aromatic heterocycles. The van der Waals surface area contributed by atoms with Crippen molar-refractivity contribution in [1.82, 2.24) is 4.72 Å². The first-order valence-electron chi connectivity index (χ1n) is 5.21. The van der Waals surface area contributed by atoms with Crippen LogP contribution in [0.1, 0.15) is 18.4 Å². The van der Waals surface area contributed by atoms with Crippen LogP contribution < -0.4 is 4.72 Å². The Morgan fingerprint density at radius 1 is 1.27 bits per heavy atom. The molecule has 0 saturated carbocycles. The van der Waals surface area contributed by atoms with Crippen LogP contribution in [0.15, 0.2) is 47.4 Å². The van der Waals surface area contributed by atoms with E-state index in [9.17, 15) is 0 Å². The summed E-state index contributed by atoms with van der Waals surface area (Å²) in [4.78, 5) is 1.26.